The first-order valence-electron chi connectivity index (χ1n) is 6.99. The summed E-state index contributed by atoms with van der Waals surface area (Å²) in [4.78, 5) is 27.0. The van der Waals surface area contributed by atoms with E-state index in [2.05, 4.69) is 5.32 Å². The number of nitrogens with zero attached hydrogens (tertiary/aromatic N) is 2. The van der Waals surface area contributed by atoms with Gasteiger partial charge in [0.25, 0.3) is 0 Å². The minimum Gasteiger partial charge on any atom is -0.450 e. The van der Waals surface area contributed by atoms with E-state index in [4.69, 9.17) is 9.47 Å². The molecule has 0 radical (unpaired) electrons. The maximum absolute atomic E-state index is 11.8. The second kappa shape index (κ2) is 8.76. The second-order valence-electron chi connectivity index (χ2n) is 4.89. The van der Waals surface area contributed by atoms with Crippen molar-refractivity contribution >= 4 is 12.0 Å². The van der Waals surface area contributed by atoms with Gasteiger partial charge in [-0.2, -0.15) is 0 Å². The van der Waals surface area contributed by atoms with E-state index in [1.807, 2.05) is 11.8 Å². The van der Waals surface area contributed by atoms with Crippen molar-refractivity contribution in [3.63, 3.8) is 0 Å². The lowest BCUT2D eigenvalue weighted by molar-refractivity contribution is -0.123. The molecule has 1 heterocycles. The van der Waals surface area contributed by atoms with Crippen LogP contribution in [0.5, 0.6) is 0 Å². The van der Waals surface area contributed by atoms with Crippen LogP contribution < -0.4 is 5.32 Å². The number of carbonyl (C=O) groups excluding carboxylic acids is 2. The van der Waals surface area contributed by atoms with Crippen LogP contribution in [0.3, 0.4) is 0 Å². The fourth-order valence-electron chi connectivity index (χ4n) is 2.12. The summed E-state index contributed by atoms with van der Waals surface area (Å²) in [5.74, 6) is -0.0147. The van der Waals surface area contributed by atoms with Crippen LogP contribution in [0.2, 0.25) is 0 Å². The Bertz CT molecular complexity index is 317. The van der Waals surface area contributed by atoms with Gasteiger partial charge in [-0.15, -0.1) is 0 Å². The average Bonchev–Trinajstić information content (AvgIpc) is 2.39. The molecular formula is C13H25N3O4. The van der Waals surface area contributed by atoms with Gasteiger partial charge >= 0.3 is 6.09 Å². The van der Waals surface area contributed by atoms with Gasteiger partial charge in [-0.1, -0.05) is 0 Å². The zero-order valence-electron chi connectivity index (χ0n) is 12.6. The molecule has 1 fully saturated rings. The minimum absolute atomic E-state index is 0.00770. The molecule has 1 N–H and O–H groups in total. The Hall–Kier alpha value is -1.34. The summed E-state index contributed by atoms with van der Waals surface area (Å²) in [6.45, 7) is 7.50. The fourth-order valence-corrected chi connectivity index (χ4v) is 2.12. The molecule has 0 aromatic heterocycles. The highest BCUT2D eigenvalue weighted by molar-refractivity contribution is 5.78. The van der Waals surface area contributed by atoms with E-state index in [9.17, 15) is 9.59 Å². The Morgan fingerprint density at radius 2 is 1.90 bits per heavy atom. The van der Waals surface area contributed by atoms with Gasteiger partial charge in [-0.25, -0.2) is 4.79 Å². The standard InChI is InChI=1S/C13H25N3O4/c1-4-20-13(18)16-7-5-15(6-8-16)9-12(17)14-11(2)10-19-3/h11H,4-10H2,1-3H3,(H,14,17)/t11-/m1/s1. The third-order valence-corrected chi connectivity index (χ3v) is 3.09. The van der Waals surface area contributed by atoms with Crippen molar-refractivity contribution in [2.75, 3.05) is 53.0 Å². The number of rotatable bonds is 6. The molecule has 0 aromatic rings. The first-order chi connectivity index (χ1) is 9.56. The molecule has 0 saturated carbocycles. The van der Waals surface area contributed by atoms with E-state index in [1.54, 1.807) is 18.9 Å². The molecule has 1 aliphatic rings. The van der Waals surface area contributed by atoms with Crippen LogP contribution in [0.25, 0.3) is 0 Å². The summed E-state index contributed by atoms with van der Waals surface area (Å²) < 4.78 is 9.92. The smallest absolute Gasteiger partial charge is 0.409 e. The fraction of sp³-hybridized carbons (Fsp3) is 0.846. The summed E-state index contributed by atoms with van der Waals surface area (Å²) in [6, 6.07) is 0.00770. The first kappa shape index (κ1) is 16.7. The highest BCUT2D eigenvalue weighted by atomic mass is 16.6. The molecule has 0 aromatic carbocycles. The van der Waals surface area contributed by atoms with Gasteiger partial charge in [0, 0.05) is 39.3 Å². The predicted octanol–water partition coefficient (Wildman–Crippen LogP) is -0.0884. The molecule has 1 atom stereocenters. The molecule has 1 rings (SSSR count). The lowest BCUT2D eigenvalue weighted by atomic mass is 10.3. The van der Waals surface area contributed by atoms with Crippen LogP contribution >= 0.6 is 0 Å². The number of methoxy groups -OCH3 is 1. The third-order valence-electron chi connectivity index (χ3n) is 3.09. The van der Waals surface area contributed by atoms with E-state index >= 15 is 0 Å². The second-order valence-corrected chi connectivity index (χ2v) is 4.89. The summed E-state index contributed by atoms with van der Waals surface area (Å²) in [7, 11) is 1.61. The van der Waals surface area contributed by atoms with Crippen LogP contribution in [-0.2, 0) is 14.3 Å². The zero-order valence-corrected chi connectivity index (χ0v) is 12.6. The zero-order chi connectivity index (χ0) is 15.0. The maximum Gasteiger partial charge on any atom is 0.409 e. The molecule has 7 heteroatoms. The summed E-state index contributed by atoms with van der Waals surface area (Å²) in [5, 5.41) is 2.87. The Labute approximate surface area is 120 Å². The predicted molar refractivity (Wildman–Crippen MR) is 74.5 cm³/mol. The molecule has 116 valence electrons. The molecule has 0 spiro atoms. The van der Waals surface area contributed by atoms with Gasteiger partial charge in [0.05, 0.1) is 19.8 Å². The molecule has 0 bridgehead atoms. The topological polar surface area (TPSA) is 71.1 Å². The van der Waals surface area contributed by atoms with Crippen molar-refractivity contribution < 1.29 is 19.1 Å². The number of amides is 2. The molecule has 0 unspecified atom stereocenters. The van der Waals surface area contributed by atoms with Crippen LogP contribution in [0.1, 0.15) is 13.8 Å². The number of carbonyl (C=O) groups is 2. The number of hydrogen-bond acceptors (Lipinski definition) is 5. The number of piperazine rings is 1. The Kier molecular flexibility index (Phi) is 7.32. The monoisotopic (exact) mass is 287 g/mol. The van der Waals surface area contributed by atoms with E-state index < -0.39 is 0 Å². The van der Waals surface area contributed by atoms with Crippen LogP contribution in [-0.4, -0.2) is 80.9 Å². The summed E-state index contributed by atoms with van der Waals surface area (Å²) in [5.41, 5.74) is 0. The molecule has 7 nitrogen and oxygen atoms in total. The molecule has 2 amide bonds. The van der Waals surface area contributed by atoms with Crippen molar-refractivity contribution in [1.82, 2.24) is 15.1 Å². The molecule has 1 saturated heterocycles. The number of hydrogen-bond donors (Lipinski definition) is 1. The van der Waals surface area contributed by atoms with Gasteiger partial charge in [0.1, 0.15) is 0 Å². The molecular weight excluding hydrogens is 262 g/mol. The van der Waals surface area contributed by atoms with E-state index in [0.717, 1.165) is 0 Å². The van der Waals surface area contributed by atoms with Gasteiger partial charge in [-0.05, 0) is 13.8 Å². The Morgan fingerprint density at radius 1 is 1.25 bits per heavy atom. The lowest BCUT2D eigenvalue weighted by Crippen LogP contribution is -2.52. The van der Waals surface area contributed by atoms with Gasteiger partial charge in [0.15, 0.2) is 0 Å². The van der Waals surface area contributed by atoms with Crippen molar-refractivity contribution in [2.45, 2.75) is 19.9 Å². The van der Waals surface area contributed by atoms with Crippen molar-refractivity contribution in [1.29, 1.82) is 0 Å². The van der Waals surface area contributed by atoms with Crippen LogP contribution in [0, 0.1) is 0 Å². The van der Waals surface area contributed by atoms with E-state index in [1.165, 1.54) is 0 Å². The van der Waals surface area contributed by atoms with E-state index in [0.29, 0.717) is 45.9 Å². The molecule has 1 aliphatic heterocycles. The molecule has 0 aliphatic carbocycles. The normalized spacial score (nSPS) is 17.6. The number of nitrogens with one attached hydrogen (secondary N) is 1. The molecule has 20 heavy (non-hydrogen) atoms. The highest BCUT2D eigenvalue weighted by Gasteiger charge is 2.23. The Morgan fingerprint density at radius 3 is 2.45 bits per heavy atom. The highest BCUT2D eigenvalue weighted by Crippen LogP contribution is 2.03. The van der Waals surface area contributed by atoms with Gasteiger partial charge < -0.3 is 19.7 Å². The van der Waals surface area contributed by atoms with E-state index in [-0.39, 0.29) is 18.0 Å². The third kappa shape index (κ3) is 5.75. The Balaban J connectivity index is 2.25. The van der Waals surface area contributed by atoms with Crippen LogP contribution in [0.15, 0.2) is 0 Å². The number of ether oxygens (including phenoxy) is 2. The van der Waals surface area contributed by atoms with Crippen LogP contribution in [0.4, 0.5) is 4.79 Å². The lowest BCUT2D eigenvalue weighted by Gasteiger charge is -2.33. The minimum atomic E-state index is -0.273. The SMILES string of the molecule is CCOC(=O)N1CCN(CC(=O)N[C@H](C)COC)CC1. The van der Waals surface area contributed by atoms with Crippen molar-refractivity contribution in [3.05, 3.63) is 0 Å². The van der Waals surface area contributed by atoms with Gasteiger partial charge in [-0.3, -0.25) is 9.69 Å². The largest absolute Gasteiger partial charge is 0.450 e. The first-order valence-corrected chi connectivity index (χ1v) is 6.99. The quantitative estimate of drug-likeness (QED) is 0.739. The average molecular weight is 287 g/mol. The summed E-state index contributed by atoms with van der Waals surface area (Å²) in [6.07, 6.45) is -0.273. The van der Waals surface area contributed by atoms with Crippen molar-refractivity contribution in [3.8, 4) is 0 Å². The van der Waals surface area contributed by atoms with Gasteiger partial charge in [0.2, 0.25) is 5.91 Å². The van der Waals surface area contributed by atoms with Crippen molar-refractivity contribution in [2.24, 2.45) is 0 Å². The summed E-state index contributed by atoms with van der Waals surface area (Å²) >= 11 is 0. The maximum atomic E-state index is 11.8.